The highest BCUT2D eigenvalue weighted by molar-refractivity contribution is 7.99. The third-order valence-electron chi connectivity index (χ3n) is 3.81. The fourth-order valence-corrected chi connectivity index (χ4v) is 3.51. The fourth-order valence-electron chi connectivity index (χ4n) is 2.67. The van der Waals surface area contributed by atoms with E-state index in [1.165, 1.54) is 5.52 Å². The first-order valence-electron chi connectivity index (χ1n) is 8.52. The molecule has 0 amide bonds. The molecule has 0 N–H and O–H groups in total. The van der Waals surface area contributed by atoms with Gasteiger partial charge in [0.05, 0.1) is 24.8 Å². The standard InChI is InChI=1S/C20H24N2O2S/c1-15(2)14-22-19-7-5-4-6-18(19)21-20(22)25-13-12-24-17-10-8-16(23-3)9-11-17/h4-11,15H,12-14H2,1-3H3. The van der Waals surface area contributed by atoms with Gasteiger partial charge in [0.15, 0.2) is 5.16 Å². The lowest BCUT2D eigenvalue weighted by atomic mass is 10.2. The molecule has 0 saturated carbocycles. The second kappa shape index (κ2) is 8.30. The van der Waals surface area contributed by atoms with Crippen LogP contribution in [0.15, 0.2) is 53.7 Å². The Hall–Kier alpha value is -2.14. The summed E-state index contributed by atoms with van der Waals surface area (Å²) in [5.41, 5.74) is 2.26. The van der Waals surface area contributed by atoms with Crippen LogP contribution in [-0.2, 0) is 6.54 Å². The van der Waals surface area contributed by atoms with E-state index in [2.05, 4.69) is 36.6 Å². The molecule has 0 aliphatic carbocycles. The van der Waals surface area contributed by atoms with Crippen molar-refractivity contribution in [2.24, 2.45) is 5.92 Å². The normalized spacial score (nSPS) is 11.2. The Bertz CT molecular complexity index is 812. The number of rotatable bonds is 8. The van der Waals surface area contributed by atoms with Crippen molar-refractivity contribution >= 4 is 22.8 Å². The zero-order valence-electron chi connectivity index (χ0n) is 14.9. The Morgan fingerprint density at radius 2 is 1.76 bits per heavy atom. The minimum atomic E-state index is 0.576. The number of imidazole rings is 1. The molecule has 5 heteroatoms. The van der Waals surface area contributed by atoms with E-state index in [9.17, 15) is 0 Å². The zero-order chi connectivity index (χ0) is 17.6. The number of methoxy groups -OCH3 is 1. The van der Waals surface area contributed by atoms with Crippen LogP contribution in [0, 0.1) is 5.92 Å². The molecular weight excluding hydrogens is 332 g/mol. The Balaban J connectivity index is 1.62. The summed E-state index contributed by atoms with van der Waals surface area (Å²) >= 11 is 1.74. The number of para-hydroxylation sites is 2. The molecule has 0 aliphatic rings. The van der Waals surface area contributed by atoms with Gasteiger partial charge in [-0.05, 0) is 42.3 Å². The molecule has 0 saturated heterocycles. The monoisotopic (exact) mass is 356 g/mol. The van der Waals surface area contributed by atoms with Crippen LogP contribution in [0.25, 0.3) is 11.0 Å². The van der Waals surface area contributed by atoms with Crippen molar-refractivity contribution in [3.63, 3.8) is 0 Å². The van der Waals surface area contributed by atoms with Gasteiger partial charge < -0.3 is 14.0 Å². The number of aromatic nitrogens is 2. The number of fused-ring (bicyclic) bond motifs is 1. The predicted octanol–water partition coefficient (Wildman–Crippen LogP) is 4.87. The molecule has 3 rings (SSSR count). The molecule has 0 bridgehead atoms. The van der Waals surface area contributed by atoms with Gasteiger partial charge in [0, 0.05) is 12.3 Å². The van der Waals surface area contributed by atoms with Gasteiger partial charge in [0.25, 0.3) is 0 Å². The molecule has 0 fully saturated rings. The first kappa shape index (κ1) is 17.7. The maximum absolute atomic E-state index is 5.81. The van der Waals surface area contributed by atoms with Crippen LogP contribution < -0.4 is 9.47 Å². The summed E-state index contributed by atoms with van der Waals surface area (Å²) < 4.78 is 13.3. The molecule has 0 aliphatic heterocycles. The maximum atomic E-state index is 5.81. The minimum absolute atomic E-state index is 0.576. The van der Waals surface area contributed by atoms with Crippen LogP contribution in [-0.4, -0.2) is 29.0 Å². The Labute approximate surface area is 153 Å². The summed E-state index contributed by atoms with van der Waals surface area (Å²) in [5, 5.41) is 1.06. The predicted molar refractivity (Wildman–Crippen MR) is 104 cm³/mol. The molecule has 4 nitrogen and oxygen atoms in total. The van der Waals surface area contributed by atoms with Gasteiger partial charge in [-0.25, -0.2) is 4.98 Å². The van der Waals surface area contributed by atoms with Crippen molar-refractivity contribution in [2.75, 3.05) is 19.5 Å². The smallest absolute Gasteiger partial charge is 0.169 e. The molecule has 0 radical (unpaired) electrons. The zero-order valence-corrected chi connectivity index (χ0v) is 15.8. The van der Waals surface area contributed by atoms with E-state index >= 15 is 0 Å². The van der Waals surface area contributed by atoms with Crippen molar-refractivity contribution in [1.82, 2.24) is 9.55 Å². The SMILES string of the molecule is COc1ccc(OCCSc2nc3ccccc3n2CC(C)C)cc1. The number of ether oxygens (including phenoxy) is 2. The molecule has 0 spiro atoms. The Morgan fingerprint density at radius 1 is 1.04 bits per heavy atom. The lowest BCUT2D eigenvalue weighted by Crippen LogP contribution is -2.07. The third-order valence-corrected chi connectivity index (χ3v) is 4.75. The van der Waals surface area contributed by atoms with E-state index in [1.807, 2.05) is 30.3 Å². The van der Waals surface area contributed by atoms with E-state index in [0.717, 1.165) is 34.5 Å². The lowest BCUT2D eigenvalue weighted by Gasteiger charge is -2.11. The topological polar surface area (TPSA) is 36.3 Å². The van der Waals surface area contributed by atoms with Gasteiger partial charge in [-0.15, -0.1) is 0 Å². The molecule has 0 atom stereocenters. The van der Waals surface area contributed by atoms with Crippen LogP contribution in [0.4, 0.5) is 0 Å². The van der Waals surface area contributed by atoms with Gasteiger partial charge in [-0.1, -0.05) is 37.7 Å². The average Bonchev–Trinajstić information content (AvgIpc) is 2.96. The molecule has 3 aromatic rings. The van der Waals surface area contributed by atoms with Gasteiger partial charge in [-0.2, -0.15) is 0 Å². The summed E-state index contributed by atoms with van der Waals surface area (Å²) in [6.07, 6.45) is 0. The van der Waals surface area contributed by atoms with Crippen LogP contribution in [0.5, 0.6) is 11.5 Å². The highest BCUT2D eigenvalue weighted by atomic mass is 32.2. The highest BCUT2D eigenvalue weighted by Crippen LogP contribution is 2.25. The van der Waals surface area contributed by atoms with Crippen LogP contribution in [0.1, 0.15) is 13.8 Å². The van der Waals surface area contributed by atoms with Crippen molar-refractivity contribution in [1.29, 1.82) is 0 Å². The molecule has 132 valence electrons. The largest absolute Gasteiger partial charge is 0.497 e. The van der Waals surface area contributed by atoms with E-state index in [1.54, 1.807) is 18.9 Å². The van der Waals surface area contributed by atoms with Crippen LogP contribution >= 0.6 is 11.8 Å². The van der Waals surface area contributed by atoms with E-state index < -0.39 is 0 Å². The average molecular weight is 356 g/mol. The minimum Gasteiger partial charge on any atom is -0.497 e. The highest BCUT2D eigenvalue weighted by Gasteiger charge is 2.12. The Kier molecular flexibility index (Phi) is 5.87. The molecule has 2 aromatic carbocycles. The molecule has 1 heterocycles. The Morgan fingerprint density at radius 3 is 2.48 bits per heavy atom. The summed E-state index contributed by atoms with van der Waals surface area (Å²) in [6.45, 7) is 6.08. The van der Waals surface area contributed by atoms with Crippen LogP contribution in [0.2, 0.25) is 0 Å². The number of benzene rings is 2. The van der Waals surface area contributed by atoms with Gasteiger partial charge in [-0.3, -0.25) is 0 Å². The van der Waals surface area contributed by atoms with Crippen molar-refractivity contribution in [2.45, 2.75) is 25.5 Å². The number of hydrogen-bond acceptors (Lipinski definition) is 4. The fraction of sp³-hybridized carbons (Fsp3) is 0.350. The first-order chi connectivity index (χ1) is 12.2. The second-order valence-corrected chi connectivity index (χ2v) is 7.32. The number of nitrogens with zero attached hydrogens (tertiary/aromatic N) is 2. The van der Waals surface area contributed by atoms with E-state index in [0.29, 0.717) is 12.5 Å². The molecule has 0 unspecified atom stereocenters. The maximum Gasteiger partial charge on any atom is 0.169 e. The van der Waals surface area contributed by atoms with Crippen molar-refractivity contribution < 1.29 is 9.47 Å². The first-order valence-corrected chi connectivity index (χ1v) is 9.51. The summed E-state index contributed by atoms with van der Waals surface area (Å²) in [4.78, 5) is 4.79. The summed E-state index contributed by atoms with van der Waals surface area (Å²) in [6, 6.07) is 16.0. The molecule has 25 heavy (non-hydrogen) atoms. The van der Waals surface area contributed by atoms with Crippen molar-refractivity contribution in [3.8, 4) is 11.5 Å². The lowest BCUT2D eigenvalue weighted by molar-refractivity contribution is 0.342. The summed E-state index contributed by atoms with van der Waals surface area (Å²) in [5.74, 6) is 3.13. The van der Waals surface area contributed by atoms with Gasteiger partial charge >= 0.3 is 0 Å². The second-order valence-electron chi connectivity index (χ2n) is 6.26. The number of thioether (sulfide) groups is 1. The van der Waals surface area contributed by atoms with E-state index in [-0.39, 0.29) is 0 Å². The van der Waals surface area contributed by atoms with Crippen LogP contribution in [0.3, 0.4) is 0 Å². The molecular formula is C20H24N2O2S. The van der Waals surface area contributed by atoms with Crippen molar-refractivity contribution in [3.05, 3.63) is 48.5 Å². The number of hydrogen-bond donors (Lipinski definition) is 0. The summed E-state index contributed by atoms with van der Waals surface area (Å²) in [7, 11) is 1.66. The van der Waals surface area contributed by atoms with E-state index in [4.69, 9.17) is 14.5 Å². The quantitative estimate of drug-likeness (QED) is 0.426. The molecule has 1 aromatic heterocycles. The third kappa shape index (κ3) is 4.48. The van der Waals surface area contributed by atoms with Gasteiger partial charge in [0.1, 0.15) is 11.5 Å². The van der Waals surface area contributed by atoms with Gasteiger partial charge in [0.2, 0.25) is 0 Å².